The minimum atomic E-state index is -0.368. The van der Waals surface area contributed by atoms with Crippen molar-refractivity contribution in [1.82, 2.24) is 9.80 Å². The molecule has 1 aliphatic heterocycles. The molecule has 1 fully saturated rings. The molecule has 150 valence electrons. The van der Waals surface area contributed by atoms with E-state index in [1.54, 1.807) is 24.3 Å². The standard InChI is InChI=1S/C22H27FN2O3/c1-27-22(26)18-7-4-8-20(16-18)28-15-14-24-10-5-11-25(13-12-24)17-19-6-2-3-9-21(19)23/h2-4,6-9,16H,5,10-15,17H2,1H3. The van der Waals surface area contributed by atoms with Crippen LogP contribution in [-0.4, -0.2) is 62.2 Å². The second-order valence-corrected chi connectivity index (χ2v) is 6.93. The molecular weight excluding hydrogens is 359 g/mol. The summed E-state index contributed by atoms with van der Waals surface area (Å²) in [6.07, 6.45) is 1.05. The smallest absolute Gasteiger partial charge is 0.337 e. The Balaban J connectivity index is 1.44. The number of ether oxygens (including phenoxy) is 2. The highest BCUT2D eigenvalue weighted by atomic mass is 19.1. The van der Waals surface area contributed by atoms with Crippen molar-refractivity contribution in [3.63, 3.8) is 0 Å². The van der Waals surface area contributed by atoms with Gasteiger partial charge in [0.15, 0.2) is 0 Å². The van der Waals surface area contributed by atoms with Crippen LogP contribution in [0, 0.1) is 5.82 Å². The molecule has 0 radical (unpaired) electrons. The van der Waals surface area contributed by atoms with Crippen molar-refractivity contribution < 1.29 is 18.7 Å². The van der Waals surface area contributed by atoms with Crippen LogP contribution in [0.15, 0.2) is 48.5 Å². The van der Waals surface area contributed by atoms with Crippen molar-refractivity contribution in [3.8, 4) is 5.75 Å². The van der Waals surface area contributed by atoms with Crippen LogP contribution in [0.25, 0.3) is 0 Å². The maximum atomic E-state index is 13.9. The summed E-state index contributed by atoms with van der Waals surface area (Å²) in [5.74, 6) is 0.165. The van der Waals surface area contributed by atoms with Crippen LogP contribution in [0.1, 0.15) is 22.3 Å². The maximum absolute atomic E-state index is 13.9. The van der Waals surface area contributed by atoms with Crippen LogP contribution in [0.4, 0.5) is 4.39 Å². The van der Waals surface area contributed by atoms with Crippen molar-refractivity contribution in [2.24, 2.45) is 0 Å². The van der Waals surface area contributed by atoms with Crippen molar-refractivity contribution in [2.45, 2.75) is 13.0 Å². The molecule has 1 heterocycles. The molecule has 1 saturated heterocycles. The number of halogens is 1. The fourth-order valence-electron chi connectivity index (χ4n) is 3.40. The SMILES string of the molecule is COC(=O)c1cccc(OCCN2CCCN(Cc3ccccc3F)CC2)c1. The van der Waals surface area contributed by atoms with Crippen molar-refractivity contribution in [1.29, 1.82) is 0 Å². The molecule has 0 N–H and O–H groups in total. The molecule has 2 aromatic rings. The van der Waals surface area contributed by atoms with E-state index >= 15 is 0 Å². The summed E-state index contributed by atoms with van der Waals surface area (Å²) in [4.78, 5) is 16.3. The number of carbonyl (C=O) groups excluding carboxylic acids is 1. The van der Waals surface area contributed by atoms with Gasteiger partial charge < -0.3 is 9.47 Å². The van der Waals surface area contributed by atoms with Crippen molar-refractivity contribution >= 4 is 5.97 Å². The largest absolute Gasteiger partial charge is 0.492 e. The molecule has 0 aliphatic carbocycles. The summed E-state index contributed by atoms with van der Waals surface area (Å²) in [6.45, 7) is 5.82. The maximum Gasteiger partial charge on any atom is 0.337 e. The van der Waals surface area contributed by atoms with Gasteiger partial charge in [-0.05, 0) is 43.8 Å². The Labute approximate surface area is 165 Å². The Morgan fingerprint density at radius 1 is 1.04 bits per heavy atom. The lowest BCUT2D eigenvalue weighted by Gasteiger charge is -2.22. The van der Waals surface area contributed by atoms with Crippen LogP contribution < -0.4 is 4.74 Å². The zero-order chi connectivity index (χ0) is 19.8. The number of hydrogen-bond acceptors (Lipinski definition) is 5. The Morgan fingerprint density at radius 2 is 1.82 bits per heavy atom. The third-order valence-electron chi connectivity index (χ3n) is 4.96. The third-order valence-corrected chi connectivity index (χ3v) is 4.96. The lowest BCUT2D eigenvalue weighted by Crippen LogP contribution is -2.33. The van der Waals surface area contributed by atoms with Gasteiger partial charge in [-0.2, -0.15) is 0 Å². The summed E-state index contributed by atoms with van der Waals surface area (Å²) in [6, 6.07) is 14.0. The number of nitrogens with zero attached hydrogens (tertiary/aromatic N) is 2. The Morgan fingerprint density at radius 3 is 2.64 bits per heavy atom. The molecule has 0 bridgehead atoms. The van der Waals surface area contributed by atoms with Gasteiger partial charge >= 0.3 is 5.97 Å². The molecule has 3 rings (SSSR count). The number of methoxy groups -OCH3 is 1. The van der Waals surface area contributed by atoms with Crippen LogP contribution in [0.2, 0.25) is 0 Å². The molecule has 0 unspecified atom stereocenters. The molecule has 0 spiro atoms. The number of rotatable bonds is 7. The lowest BCUT2D eigenvalue weighted by atomic mass is 10.2. The van der Waals surface area contributed by atoms with Crippen LogP contribution in [0.3, 0.4) is 0 Å². The van der Waals surface area contributed by atoms with Crippen molar-refractivity contribution in [3.05, 3.63) is 65.5 Å². The summed E-state index contributed by atoms with van der Waals surface area (Å²) in [5, 5.41) is 0. The molecule has 1 aliphatic rings. The first-order valence-electron chi connectivity index (χ1n) is 9.65. The first kappa shape index (κ1) is 20.3. The molecule has 0 saturated carbocycles. The number of hydrogen-bond donors (Lipinski definition) is 0. The Bertz CT molecular complexity index is 784. The summed E-state index contributed by atoms with van der Waals surface area (Å²) in [7, 11) is 1.37. The first-order chi connectivity index (χ1) is 13.7. The average Bonchev–Trinajstić information content (AvgIpc) is 2.94. The molecule has 2 aromatic carbocycles. The number of carbonyl (C=O) groups is 1. The predicted octanol–water partition coefficient (Wildman–Crippen LogP) is 3.20. The molecule has 6 heteroatoms. The number of benzene rings is 2. The monoisotopic (exact) mass is 386 g/mol. The zero-order valence-corrected chi connectivity index (χ0v) is 16.3. The van der Waals surface area contributed by atoms with E-state index in [0.29, 0.717) is 24.5 Å². The topological polar surface area (TPSA) is 42.0 Å². The Kier molecular flexibility index (Phi) is 7.39. The highest BCUT2D eigenvalue weighted by molar-refractivity contribution is 5.89. The van der Waals surface area contributed by atoms with Crippen molar-refractivity contribution in [2.75, 3.05) is 46.4 Å². The van der Waals surface area contributed by atoms with Gasteiger partial charge in [0.05, 0.1) is 12.7 Å². The van der Waals surface area contributed by atoms with Gasteiger partial charge in [-0.3, -0.25) is 9.80 Å². The lowest BCUT2D eigenvalue weighted by molar-refractivity contribution is 0.0600. The fraction of sp³-hybridized carbons (Fsp3) is 0.409. The van der Waals surface area contributed by atoms with E-state index in [0.717, 1.165) is 44.7 Å². The fourth-order valence-corrected chi connectivity index (χ4v) is 3.40. The minimum Gasteiger partial charge on any atom is -0.492 e. The first-order valence-corrected chi connectivity index (χ1v) is 9.65. The van der Waals surface area contributed by atoms with Gasteiger partial charge in [0, 0.05) is 31.7 Å². The number of esters is 1. The molecule has 5 nitrogen and oxygen atoms in total. The predicted molar refractivity (Wildman–Crippen MR) is 106 cm³/mol. The van der Waals surface area contributed by atoms with Gasteiger partial charge in [-0.1, -0.05) is 24.3 Å². The van der Waals surface area contributed by atoms with Gasteiger partial charge in [0.1, 0.15) is 18.2 Å². The molecule has 28 heavy (non-hydrogen) atoms. The summed E-state index contributed by atoms with van der Waals surface area (Å²) in [5.41, 5.74) is 1.24. The van der Waals surface area contributed by atoms with E-state index < -0.39 is 0 Å². The van der Waals surface area contributed by atoms with E-state index in [1.165, 1.54) is 13.2 Å². The van der Waals surface area contributed by atoms with Crippen LogP contribution in [0.5, 0.6) is 5.75 Å². The van der Waals surface area contributed by atoms with E-state index in [4.69, 9.17) is 9.47 Å². The van der Waals surface area contributed by atoms with Gasteiger partial charge in [0.2, 0.25) is 0 Å². The molecule has 0 atom stereocenters. The molecule has 0 aromatic heterocycles. The quantitative estimate of drug-likeness (QED) is 0.684. The highest BCUT2D eigenvalue weighted by Crippen LogP contribution is 2.15. The van der Waals surface area contributed by atoms with E-state index in [1.807, 2.05) is 18.2 Å². The van der Waals surface area contributed by atoms with Gasteiger partial charge in [0.25, 0.3) is 0 Å². The highest BCUT2D eigenvalue weighted by Gasteiger charge is 2.16. The average molecular weight is 386 g/mol. The minimum absolute atomic E-state index is 0.133. The Hall–Kier alpha value is -2.44. The third kappa shape index (κ3) is 5.78. The normalized spacial score (nSPS) is 15.8. The second kappa shape index (κ2) is 10.2. The summed E-state index contributed by atoms with van der Waals surface area (Å²) < 4.78 is 24.4. The van der Waals surface area contributed by atoms with E-state index in [2.05, 4.69) is 9.80 Å². The van der Waals surface area contributed by atoms with Gasteiger partial charge in [-0.15, -0.1) is 0 Å². The molecular formula is C22H27FN2O3. The van der Waals surface area contributed by atoms with E-state index in [-0.39, 0.29) is 11.8 Å². The van der Waals surface area contributed by atoms with E-state index in [9.17, 15) is 9.18 Å². The van der Waals surface area contributed by atoms with Crippen LogP contribution >= 0.6 is 0 Å². The zero-order valence-electron chi connectivity index (χ0n) is 16.3. The second-order valence-electron chi connectivity index (χ2n) is 6.93. The van der Waals surface area contributed by atoms with Gasteiger partial charge in [-0.25, -0.2) is 9.18 Å². The molecule has 0 amide bonds. The summed E-state index contributed by atoms with van der Waals surface area (Å²) >= 11 is 0. The van der Waals surface area contributed by atoms with Crippen LogP contribution in [-0.2, 0) is 11.3 Å².